The minimum Gasteiger partial charge on any atom is -0.159 e. The monoisotopic (exact) mass is 228 g/mol. The number of aromatic nitrogens is 2. The van der Waals surface area contributed by atoms with E-state index in [-0.39, 0.29) is 0 Å². The number of hydrogen-bond acceptors (Lipinski definition) is 2. The lowest BCUT2D eigenvalue weighted by Gasteiger charge is -2.41. The zero-order chi connectivity index (χ0) is 11.9. The molecule has 17 heavy (non-hydrogen) atoms. The second kappa shape index (κ2) is 2.57. The van der Waals surface area contributed by atoms with Gasteiger partial charge in [-0.3, -0.25) is 0 Å². The maximum atomic E-state index is 4.57. The molecule has 0 amide bonds. The first-order valence-electron chi connectivity index (χ1n) is 6.87. The van der Waals surface area contributed by atoms with Gasteiger partial charge >= 0.3 is 0 Å². The van der Waals surface area contributed by atoms with Crippen molar-refractivity contribution in [3.05, 3.63) is 23.5 Å². The van der Waals surface area contributed by atoms with Crippen LogP contribution in [0.3, 0.4) is 0 Å². The molecule has 2 fully saturated rings. The fourth-order valence-electron chi connectivity index (χ4n) is 5.04. The van der Waals surface area contributed by atoms with E-state index in [1.54, 1.807) is 0 Å². The molecule has 2 atom stereocenters. The van der Waals surface area contributed by atoms with Gasteiger partial charge in [-0.1, -0.05) is 20.8 Å². The highest BCUT2D eigenvalue weighted by molar-refractivity contribution is 5.50. The Kier molecular flexibility index (Phi) is 1.52. The summed E-state index contributed by atoms with van der Waals surface area (Å²) in [6, 6.07) is 2.23. The van der Waals surface area contributed by atoms with Crippen LogP contribution < -0.4 is 0 Å². The summed E-state index contributed by atoms with van der Waals surface area (Å²) in [6.07, 6.45) is 7.33. The molecule has 2 heteroatoms. The average Bonchev–Trinajstić information content (AvgIpc) is 3.09. The van der Waals surface area contributed by atoms with Crippen LogP contribution in [0.25, 0.3) is 0 Å². The van der Waals surface area contributed by atoms with E-state index >= 15 is 0 Å². The molecule has 3 aliphatic carbocycles. The summed E-state index contributed by atoms with van der Waals surface area (Å²) < 4.78 is 0. The summed E-state index contributed by atoms with van der Waals surface area (Å²) in [5.74, 6) is 0.872. The molecule has 3 aliphatic rings. The van der Waals surface area contributed by atoms with Crippen molar-refractivity contribution in [2.24, 2.45) is 11.3 Å². The molecule has 0 N–H and O–H groups in total. The Morgan fingerprint density at radius 1 is 1.18 bits per heavy atom. The molecule has 4 rings (SSSR count). The summed E-state index contributed by atoms with van der Waals surface area (Å²) in [6.45, 7) is 7.39. The van der Waals surface area contributed by atoms with E-state index in [1.807, 2.05) is 6.20 Å². The molecule has 90 valence electrons. The Bertz CT molecular complexity index is 503. The Morgan fingerprint density at radius 3 is 2.65 bits per heavy atom. The number of nitrogens with zero attached hydrogens (tertiary/aromatic N) is 2. The van der Waals surface area contributed by atoms with Crippen LogP contribution in [-0.4, -0.2) is 10.2 Å². The van der Waals surface area contributed by atoms with Crippen LogP contribution >= 0.6 is 0 Å². The Labute approximate surface area is 103 Å². The van der Waals surface area contributed by atoms with Gasteiger partial charge in [-0.2, -0.15) is 10.2 Å². The highest BCUT2D eigenvalue weighted by atomic mass is 15.1. The molecule has 0 spiro atoms. The first-order chi connectivity index (χ1) is 8.04. The molecule has 1 aromatic rings. The Balaban J connectivity index is 2.07. The van der Waals surface area contributed by atoms with Gasteiger partial charge in [-0.15, -0.1) is 0 Å². The molecule has 2 bridgehead atoms. The first-order valence-corrected chi connectivity index (χ1v) is 6.87. The molecule has 2 saturated carbocycles. The summed E-state index contributed by atoms with van der Waals surface area (Å²) in [7, 11) is 0. The number of rotatable bonds is 1. The van der Waals surface area contributed by atoms with Gasteiger partial charge in [0.15, 0.2) is 0 Å². The van der Waals surface area contributed by atoms with Gasteiger partial charge in [-0.05, 0) is 48.6 Å². The predicted octanol–water partition coefficient (Wildman–Crippen LogP) is 3.22. The summed E-state index contributed by atoms with van der Waals surface area (Å²) in [5.41, 5.74) is 3.85. The summed E-state index contributed by atoms with van der Waals surface area (Å²) in [5, 5.41) is 8.74. The van der Waals surface area contributed by atoms with Crippen LogP contribution in [0.4, 0.5) is 0 Å². The van der Waals surface area contributed by atoms with Gasteiger partial charge in [0.05, 0.1) is 5.69 Å². The maximum absolute atomic E-state index is 4.57. The minimum atomic E-state index is 0.320. The fourth-order valence-corrected chi connectivity index (χ4v) is 5.04. The number of hydrogen-bond donors (Lipinski definition) is 0. The second-order valence-electron chi connectivity index (χ2n) is 7.00. The van der Waals surface area contributed by atoms with Crippen LogP contribution in [0.15, 0.2) is 12.3 Å². The van der Waals surface area contributed by atoms with E-state index < -0.39 is 0 Å². The van der Waals surface area contributed by atoms with Crippen molar-refractivity contribution in [1.82, 2.24) is 10.2 Å². The largest absolute Gasteiger partial charge is 0.159 e. The van der Waals surface area contributed by atoms with Gasteiger partial charge in [-0.25, -0.2) is 0 Å². The Hall–Kier alpha value is -0.920. The fraction of sp³-hybridized carbons (Fsp3) is 0.733. The van der Waals surface area contributed by atoms with Crippen molar-refractivity contribution in [3.8, 4) is 0 Å². The molecule has 2 nitrogen and oxygen atoms in total. The third-order valence-electron chi connectivity index (χ3n) is 6.53. The third kappa shape index (κ3) is 0.820. The lowest BCUT2D eigenvalue weighted by atomic mass is 9.61. The lowest BCUT2D eigenvalue weighted by molar-refractivity contribution is 0.135. The van der Waals surface area contributed by atoms with Crippen LogP contribution in [0.5, 0.6) is 0 Å². The molecule has 0 radical (unpaired) electrons. The summed E-state index contributed by atoms with van der Waals surface area (Å²) >= 11 is 0. The van der Waals surface area contributed by atoms with E-state index in [1.165, 1.54) is 36.9 Å². The van der Waals surface area contributed by atoms with Crippen molar-refractivity contribution in [2.75, 3.05) is 0 Å². The van der Waals surface area contributed by atoms with Gasteiger partial charge in [0.2, 0.25) is 0 Å². The second-order valence-corrected chi connectivity index (χ2v) is 7.00. The molecule has 0 aliphatic heterocycles. The van der Waals surface area contributed by atoms with Gasteiger partial charge in [0, 0.05) is 17.0 Å². The van der Waals surface area contributed by atoms with Crippen LogP contribution in [0.1, 0.15) is 57.7 Å². The maximum Gasteiger partial charge on any atom is 0.0738 e. The van der Waals surface area contributed by atoms with Gasteiger partial charge < -0.3 is 0 Å². The van der Waals surface area contributed by atoms with Gasteiger partial charge in [0.25, 0.3) is 0 Å². The standard InChI is InChI=1S/C15H20N2/c1-13(2)14(3)7-8-15(13,10-4-5-10)12-11(14)6-9-16-17-12/h6,9-10H,4-5,7-8H2,1-3H3/t14-,15+/m1/s1. The zero-order valence-corrected chi connectivity index (χ0v) is 11.0. The molecule has 1 aromatic heterocycles. The van der Waals surface area contributed by atoms with Crippen molar-refractivity contribution in [2.45, 2.75) is 57.3 Å². The predicted molar refractivity (Wildman–Crippen MR) is 66.8 cm³/mol. The smallest absolute Gasteiger partial charge is 0.0738 e. The van der Waals surface area contributed by atoms with E-state index in [0.717, 1.165) is 5.92 Å². The molecule has 1 heterocycles. The van der Waals surface area contributed by atoms with E-state index in [9.17, 15) is 0 Å². The molecule has 0 unspecified atom stereocenters. The highest BCUT2D eigenvalue weighted by Gasteiger charge is 2.72. The van der Waals surface area contributed by atoms with Crippen molar-refractivity contribution < 1.29 is 0 Å². The zero-order valence-electron chi connectivity index (χ0n) is 11.0. The normalized spacial score (nSPS) is 41.6. The summed E-state index contributed by atoms with van der Waals surface area (Å²) in [4.78, 5) is 0. The minimum absolute atomic E-state index is 0.320. The Morgan fingerprint density at radius 2 is 1.94 bits per heavy atom. The molecule has 0 aromatic carbocycles. The first kappa shape index (κ1) is 10.0. The average molecular weight is 228 g/mol. The van der Waals surface area contributed by atoms with Crippen LogP contribution in [-0.2, 0) is 10.8 Å². The van der Waals surface area contributed by atoms with E-state index in [2.05, 4.69) is 37.0 Å². The van der Waals surface area contributed by atoms with Crippen molar-refractivity contribution in [1.29, 1.82) is 0 Å². The quantitative estimate of drug-likeness (QED) is 0.737. The molecular formula is C15H20N2. The van der Waals surface area contributed by atoms with Crippen molar-refractivity contribution >= 4 is 0 Å². The third-order valence-corrected chi connectivity index (χ3v) is 6.53. The van der Waals surface area contributed by atoms with E-state index in [4.69, 9.17) is 0 Å². The molecule has 0 saturated heterocycles. The molecular weight excluding hydrogens is 208 g/mol. The topological polar surface area (TPSA) is 25.8 Å². The van der Waals surface area contributed by atoms with Crippen molar-refractivity contribution in [3.63, 3.8) is 0 Å². The lowest BCUT2D eigenvalue weighted by Crippen LogP contribution is -2.41. The SMILES string of the molecule is CC1(C)[C@]2(C)CC[C@]1(C1CC1)c1nnccc12. The number of fused-ring (bicyclic) bond motifs is 5. The highest BCUT2D eigenvalue weighted by Crippen LogP contribution is 2.75. The van der Waals surface area contributed by atoms with Gasteiger partial charge in [0.1, 0.15) is 0 Å². The van der Waals surface area contributed by atoms with E-state index in [0.29, 0.717) is 16.2 Å². The van der Waals surface area contributed by atoms with Crippen LogP contribution in [0.2, 0.25) is 0 Å². The van der Waals surface area contributed by atoms with Crippen LogP contribution in [0, 0.1) is 11.3 Å².